The highest BCUT2D eigenvalue weighted by atomic mass is 35.5. The lowest BCUT2D eigenvalue weighted by atomic mass is 9.96. The summed E-state index contributed by atoms with van der Waals surface area (Å²) < 4.78 is 6.23. The standard InChI is InChI=1S/C23H18ClN3O/c24-18-10-8-16(9-11-18)23-26-14-21-20-7-2-1-5-17(20)13-22(27(21)23)28-15-19-6-3-4-12-25-19/h1-14,21,23H,15H2. The zero-order valence-electron chi connectivity index (χ0n) is 15.1. The molecule has 0 bridgehead atoms. The summed E-state index contributed by atoms with van der Waals surface area (Å²) in [7, 11) is 0. The number of nitrogens with zero attached hydrogens (tertiary/aromatic N) is 3. The number of rotatable bonds is 4. The van der Waals surface area contributed by atoms with Gasteiger partial charge in [-0.15, -0.1) is 0 Å². The quantitative estimate of drug-likeness (QED) is 0.602. The van der Waals surface area contributed by atoms with Crippen LogP contribution in [0.5, 0.6) is 0 Å². The van der Waals surface area contributed by atoms with Gasteiger partial charge in [0.1, 0.15) is 12.8 Å². The van der Waals surface area contributed by atoms with Crippen molar-refractivity contribution in [3.63, 3.8) is 0 Å². The van der Waals surface area contributed by atoms with E-state index in [4.69, 9.17) is 21.3 Å². The van der Waals surface area contributed by atoms with E-state index in [9.17, 15) is 0 Å². The molecule has 3 heterocycles. The third kappa shape index (κ3) is 3.06. The first-order valence-corrected chi connectivity index (χ1v) is 9.58. The van der Waals surface area contributed by atoms with Gasteiger partial charge in [0.25, 0.3) is 0 Å². The Morgan fingerprint density at radius 1 is 0.964 bits per heavy atom. The van der Waals surface area contributed by atoms with Crippen LogP contribution in [-0.2, 0) is 11.3 Å². The number of hydrogen-bond acceptors (Lipinski definition) is 4. The van der Waals surface area contributed by atoms with Crippen molar-refractivity contribution in [2.75, 3.05) is 0 Å². The summed E-state index contributed by atoms with van der Waals surface area (Å²) in [6.45, 7) is 0.408. The van der Waals surface area contributed by atoms with Crippen molar-refractivity contribution < 1.29 is 4.74 Å². The van der Waals surface area contributed by atoms with Gasteiger partial charge in [-0.05, 0) is 41.0 Å². The lowest BCUT2D eigenvalue weighted by Gasteiger charge is -2.36. The third-order valence-corrected chi connectivity index (χ3v) is 5.29. The van der Waals surface area contributed by atoms with E-state index in [2.05, 4.69) is 34.2 Å². The molecule has 0 spiro atoms. The number of fused-ring (bicyclic) bond motifs is 3. The van der Waals surface area contributed by atoms with Crippen molar-refractivity contribution in [2.45, 2.75) is 18.8 Å². The second-order valence-electron chi connectivity index (χ2n) is 6.80. The van der Waals surface area contributed by atoms with Crippen LogP contribution in [0.3, 0.4) is 0 Å². The summed E-state index contributed by atoms with van der Waals surface area (Å²) in [4.78, 5) is 11.4. The molecular formula is C23H18ClN3O. The maximum Gasteiger partial charge on any atom is 0.193 e. The first-order chi connectivity index (χ1) is 13.8. The number of hydrogen-bond donors (Lipinski definition) is 0. The van der Waals surface area contributed by atoms with Gasteiger partial charge >= 0.3 is 0 Å². The minimum Gasteiger partial charge on any atom is -0.472 e. The number of halogens is 1. The number of aromatic nitrogens is 1. The first kappa shape index (κ1) is 17.0. The van der Waals surface area contributed by atoms with Gasteiger partial charge in [0, 0.05) is 23.5 Å². The monoisotopic (exact) mass is 387 g/mol. The normalized spacial score (nSPS) is 19.8. The molecule has 4 nitrogen and oxygen atoms in total. The maximum atomic E-state index is 6.23. The SMILES string of the molecule is Clc1ccc(C2N=CC3c4ccccc4C=C(OCc4ccccn4)N32)cc1. The summed E-state index contributed by atoms with van der Waals surface area (Å²) >= 11 is 6.07. The van der Waals surface area contributed by atoms with Gasteiger partial charge in [0.2, 0.25) is 0 Å². The molecule has 0 saturated heterocycles. The van der Waals surface area contributed by atoms with Crippen molar-refractivity contribution in [3.05, 3.63) is 106 Å². The van der Waals surface area contributed by atoms with Crippen LogP contribution in [0.25, 0.3) is 6.08 Å². The molecule has 2 aliphatic heterocycles. The Kier molecular flexibility index (Phi) is 4.34. The summed E-state index contributed by atoms with van der Waals surface area (Å²) in [5.41, 5.74) is 4.35. The molecule has 2 unspecified atom stereocenters. The van der Waals surface area contributed by atoms with E-state index in [1.165, 1.54) is 5.56 Å². The molecule has 138 valence electrons. The zero-order valence-corrected chi connectivity index (χ0v) is 15.8. The molecule has 0 saturated carbocycles. The molecule has 5 heteroatoms. The van der Waals surface area contributed by atoms with Crippen molar-refractivity contribution in [3.8, 4) is 0 Å². The predicted octanol–water partition coefficient (Wildman–Crippen LogP) is 5.39. The zero-order chi connectivity index (χ0) is 18.9. The van der Waals surface area contributed by atoms with E-state index < -0.39 is 0 Å². The molecule has 28 heavy (non-hydrogen) atoms. The first-order valence-electron chi connectivity index (χ1n) is 9.20. The molecule has 2 aromatic carbocycles. The molecule has 1 aromatic heterocycles. The van der Waals surface area contributed by atoms with E-state index in [-0.39, 0.29) is 12.2 Å². The molecule has 2 aliphatic rings. The second kappa shape index (κ2) is 7.13. The molecule has 0 fully saturated rings. The van der Waals surface area contributed by atoms with Crippen molar-refractivity contribution >= 4 is 23.9 Å². The van der Waals surface area contributed by atoms with Crippen molar-refractivity contribution in [1.82, 2.24) is 9.88 Å². The highest BCUT2D eigenvalue weighted by Gasteiger charge is 2.38. The van der Waals surface area contributed by atoms with Gasteiger partial charge in [-0.2, -0.15) is 0 Å². The number of aliphatic imine (C=N–C) groups is 1. The van der Waals surface area contributed by atoms with Crippen LogP contribution in [0.15, 0.2) is 83.8 Å². The second-order valence-corrected chi connectivity index (χ2v) is 7.23. The summed E-state index contributed by atoms with van der Waals surface area (Å²) in [5.74, 6) is 0.798. The molecular weight excluding hydrogens is 370 g/mol. The van der Waals surface area contributed by atoms with Gasteiger partial charge < -0.3 is 9.64 Å². The summed E-state index contributed by atoms with van der Waals surface area (Å²) in [6, 6.07) is 22.1. The van der Waals surface area contributed by atoms with E-state index in [0.29, 0.717) is 11.6 Å². The Hall–Kier alpha value is -3.11. The molecule has 0 N–H and O–H groups in total. The number of benzene rings is 2. The Balaban J connectivity index is 1.51. The van der Waals surface area contributed by atoms with Crippen LogP contribution < -0.4 is 0 Å². The molecule has 0 amide bonds. The Morgan fingerprint density at radius 2 is 1.79 bits per heavy atom. The lowest BCUT2D eigenvalue weighted by Crippen LogP contribution is -2.31. The topological polar surface area (TPSA) is 37.7 Å². The third-order valence-electron chi connectivity index (χ3n) is 5.04. The molecule has 2 atom stereocenters. The minimum absolute atomic E-state index is 0.0422. The van der Waals surface area contributed by atoms with Crippen molar-refractivity contribution in [1.29, 1.82) is 0 Å². The van der Waals surface area contributed by atoms with Gasteiger partial charge in [0.05, 0.1) is 11.7 Å². The van der Waals surface area contributed by atoms with Gasteiger partial charge in [-0.1, -0.05) is 54.1 Å². The number of pyridine rings is 1. The van der Waals surface area contributed by atoms with E-state index in [1.807, 2.05) is 54.7 Å². The van der Waals surface area contributed by atoms with E-state index in [1.54, 1.807) is 6.20 Å². The lowest BCUT2D eigenvalue weighted by molar-refractivity contribution is 0.0738. The molecule has 5 rings (SSSR count). The fourth-order valence-corrected chi connectivity index (χ4v) is 3.82. The van der Waals surface area contributed by atoms with Crippen LogP contribution in [-0.4, -0.2) is 16.1 Å². The van der Waals surface area contributed by atoms with Crippen LogP contribution in [0.2, 0.25) is 5.02 Å². The highest BCUT2D eigenvalue weighted by molar-refractivity contribution is 6.30. The van der Waals surface area contributed by atoms with Gasteiger partial charge in [-0.3, -0.25) is 9.98 Å². The van der Waals surface area contributed by atoms with Crippen LogP contribution in [0.1, 0.15) is 34.6 Å². The molecule has 0 radical (unpaired) electrons. The Morgan fingerprint density at radius 3 is 2.61 bits per heavy atom. The van der Waals surface area contributed by atoms with E-state index >= 15 is 0 Å². The fraction of sp³-hybridized carbons (Fsp3) is 0.130. The van der Waals surface area contributed by atoms with Gasteiger partial charge in [-0.25, -0.2) is 0 Å². The summed E-state index contributed by atoms with van der Waals surface area (Å²) in [6.07, 6.45) is 5.73. The fourth-order valence-electron chi connectivity index (χ4n) is 3.69. The average Bonchev–Trinajstić information content (AvgIpc) is 3.19. The van der Waals surface area contributed by atoms with Crippen LogP contribution >= 0.6 is 11.6 Å². The Labute approximate surface area is 168 Å². The van der Waals surface area contributed by atoms with Crippen molar-refractivity contribution in [2.24, 2.45) is 4.99 Å². The largest absolute Gasteiger partial charge is 0.472 e. The van der Waals surface area contributed by atoms with Gasteiger partial charge in [0.15, 0.2) is 5.88 Å². The molecule has 3 aromatic rings. The molecule has 0 aliphatic carbocycles. The minimum atomic E-state index is -0.148. The smallest absolute Gasteiger partial charge is 0.193 e. The maximum absolute atomic E-state index is 6.23. The van der Waals surface area contributed by atoms with E-state index in [0.717, 1.165) is 22.7 Å². The van der Waals surface area contributed by atoms with Crippen LogP contribution in [0, 0.1) is 0 Å². The Bertz CT molecular complexity index is 1050. The summed E-state index contributed by atoms with van der Waals surface area (Å²) in [5, 5.41) is 0.716. The predicted molar refractivity (Wildman–Crippen MR) is 111 cm³/mol. The average molecular weight is 388 g/mol. The van der Waals surface area contributed by atoms with Crippen LogP contribution in [0.4, 0.5) is 0 Å². The number of ether oxygens (including phenoxy) is 1. The highest BCUT2D eigenvalue weighted by Crippen LogP contribution is 2.44.